The molecule has 0 aliphatic carbocycles. The summed E-state index contributed by atoms with van der Waals surface area (Å²) in [6.07, 6.45) is 0. The van der Waals surface area contributed by atoms with E-state index in [1.54, 1.807) is 0 Å². The molecule has 0 spiro atoms. The second-order valence-electron chi connectivity index (χ2n) is 10.2. The Bertz CT molecular complexity index is 1450. The first-order valence-electron chi connectivity index (χ1n) is 14.4. The van der Waals surface area contributed by atoms with Crippen molar-refractivity contribution in [2.75, 3.05) is 0 Å². The van der Waals surface area contributed by atoms with Crippen LogP contribution in [0, 0.1) is 0 Å². The van der Waals surface area contributed by atoms with E-state index in [0.29, 0.717) is 0 Å². The number of hydrogen-bond donors (Lipinski definition) is 1. The molecule has 228 valence electrons. The van der Waals surface area contributed by atoms with Crippen molar-refractivity contribution >= 4 is 48.7 Å². The van der Waals surface area contributed by atoms with Gasteiger partial charge in [-0.1, -0.05) is 0 Å². The molecule has 0 unspecified atom stereocenters. The Hall–Kier alpha value is -3.03. The van der Waals surface area contributed by atoms with Crippen molar-refractivity contribution in [3.8, 4) is 0 Å². The molecule has 0 saturated carbocycles. The zero-order valence-electron chi connectivity index (χ0n) is 23.9. The summed E-state index contributed by atoms with van der Waals surface area (Å²) in [6, 6.07) is 64.3. The molecule has 0 radical (unpaired) electrons. The summed E-state index contributed by atoms with van der Waals surface area (Å²) >= 11 is -0.200. The predicted molar refractivity (Wildman–Crippen MR) is 184 cm³/mol. The quantitative estimate of drug-likeness (QED) is 0.124. The third-order valence-corrected chi connectivity index (χ3v) is 35.0. The fraction of sp³-hybridized carbons (Fsp3) is 0.0263. The van der Waals surface area contributed by atoms with E-state index >= 15 is 0 Å². The molecular formula is C38H34O2P2Pd2. The zero-order valence-corrected chi connectivity index (χ0v) is 29.0. The average molecular weight is 797 g/mol. The van der Waals surface area contributed by atoms with Crippen LogP contribution < -0.4 is 31.8 Å². The van der Waals surface area contributed by atoms with Crippen LogP contribution in [-0.4, -0.2) is 11.1 Å². The molecule has 0 aliphatic rings. The number of carboxylic acids is 1. The molecule has 6 rings (SSSR count). The minimum absolute atomic E-state index is 0.100. The number of carboxylic acid groups (broad SMARTS) is 1. The van der Waals surface area contributed by atoms with Gasteiger partial charge in [0, 0.05) is 0 Å². The van der Waals surface area contributed by atoms with Gasteiger partial charge in [0.25, 0.3) is 0 Å². The van der Waals surface area contributed by atoms with Gasteiger partial charge in [-0.05, 0) is 0 Å². The van der Waals surface area contributed by atoms with Crippen LogP contribution in [-0.2, 0) is 39.8 Å². The molecule has 6 aromatic rings. The van der Waals surface area contributed by atoms with Gasteiger partial charge < -0.3 is 0 Å². The van der Waals surface area contributed by atoms with E-state index in [4.69, 9.17) is 0 Å². The van der Waals surface area contributed by atoms with Gasteiger partial charge in [-0.25, -0.2) is 0 Å². The molecule has 0 bridgehead atoms. The van der Waals surface area contributed by atoms with E-state index in [9.17, 15) is 9.90 Å². The van der Waals surface area contributed by atoms with E-state index in [1.165, 1.54) is 31.8 Å². The Labute approximate surface area is 276 Å². The molecule has 0 saturated heterocycles. The van der Waals surface area contributed by atoms with E-state index in [-0.39, 0.29) is 35.0 Å². The molecule has 6 heteroatoms. The standard InChI is InChI=1S/2C18H15P.C2H2O2.2Pd/c2*1-4-10-16(11-5-1)19(17-12-6-2-7-13-17)18-14-8-3-9-15-18;1-2(3)4;;/h2*1-15H;1H,(H,3,4);;/q;;;2*-1/p+2. The molecule has 0 heterocycles. The predicted octanol–water partition coefficient (Wildman–Crippen LogP) is 6.26. The number of carbonyl (C=O) groups is 1. The van der Waals surface area contributed by atoms with Crippen LogP contribution >= 0.6 is 10.9 Å². The van der Waals surface area contributed by atoms with Crippen LogP contribution in [0.5, 0.6) is 0 Å². The maximum absolute atomic E-state index is 13.7. The van der Waals surface area contributed by atoms with Gasteiger partial charge in [-0.15, -0.1) is 0 Å². The maximum atomic E-state index is 13.7. The van der Waals surface area contributed by atoms with E-state index in [1.807, 2.05) is 0 Å². The Kier molecular flexibility index (Phi) is 10.1. The molecule has 6 aromatic carbocycles. The van der Waals surface area contributed by atoms with Crippen molar-refractivity contribution in [1.82, 2.24) is 0 Å². The summed E-state index contributed by atoms with van der Waals surface area (Å²) in [5.74, 6) is -0.688. The van der Waals surface area contributed by atoms with Crippen LogP contribution in [0.25, 0.3) is 0 Å². The van der Waals surface area contributed by atoms with E-state index in [2.05, 4.69) is 182 Å². The molecule has 1 N–H and O–H groups in total. The molecule has 0 aromatic heterocycles. The topological polar surface area (TPSA) is 37.3 Å². The Balaban J connectivity index is 1.60. The normalized spacial score (nSPS) is 13.3. The van der Waals surface area contributed by atoms with Gasteiger partial charge >= 0.3 is 278 Å². The molecular weight excluding hydrogens is 763 g/mol. The second kappa shape index (κ2) is 14.4. The van der Waals surface area contributed by atoms with Crippen molar-refractivity contribution in [3.63, 3.8) is 0 Å². The zero-order chi connectivity index (χ0) is 30.2. The van der Waals surface area contributed by atoms with Crippen molar-refractivity contribution in [1.29, 1.82) is 0 Å². The summed E-state index contributed by atoms with van der Waals surface area (Å²) in [5.41, 5.74) is -5.50. The fourth-order valence-electron chi connectivity index (χ4n) is 5.58. The number of benzene rings is 6. The van der Waals surface area contributed by atoms with Gasteiger partial charge in [-0.2, -0.15) is 0 Å². The first kappa shape index (κ1) is 31.0. The molecule has 2 nitrogen and oxygen atoms in total. The summed E-state index contributed by atoms with van der Waals surface area (Å²) in [6.45, 7) is 0. The van der Waals surface area contributed by atoms with Crippen LogP contribution in [0.3, 0.4) is 0 Å². The van der Waals surface area contributed by atoms with Crippen LogP contribution in [0.1, 0.15) is 0 Å². The fourth-order valence-corrected chi connectivity index (χ4v) is 38.5. The summed E-state index contributed by atoms with van der Waals surface area (Å²) in [4.78, 5) is 13.7. The third kappa shape index (κ3) is 6.23. The second-order valence-corrected chi connectivity index (χ2v) is 29.0. The summed E-state index contributed by atoms with van der Waals surface area (Å²) < 4.78 is -0.488. The van der Waals surface area contributed by atoms with Gasteiger partial charge in [0.15, 0.2) is 0 Å². The Morgan fingerprint density at radius 2 is 0.568 bits per heavy atom. The molecule has 0 fully saturated rings. The molecule has 0 amide bonds. The SMILES string of the molecule is O=C(O)[CH]([Pd][PH](c1ccccc1)(c1ccccc1)c1ccccc1)[Pd][PH](c1ccccc1)(c1ccccc1)c1ccccc1. The average Bonchev–Trinajstić information content (AvgIpc) is 3.11. The van der Waals surface area contributed by atoms with Gasteiger partial charge in [0.1, 0.15) is 0 Å². The van der Waals surface area contributed by atoms with Crippen molar-refractivity contribution in [2.45, 2.75) is 2.86 Å². The van der Waals surface area contributed by atoms with Gasteiger partial charge in [-0.3, -0.25) is 0 Å². The summed E-state index contributed by atoms with van der Waals surface area (Å²) in [7, 11) is 0. The van der Waals surface area contributed by atoms with Gasteiger partial charge in [0.2, 0.25) is 0 Å². The monoisotopic (exact) mass is 796 g/mol. The Morgan fingerprint density at radius 3 is 0.727 bits per heavy atom. The molecule has 44 heavy (non-hydrogen) atoms. The third-order valence-electron chi connectivity index (χ3n) is 7.50. The van der Waals surface area contributed by atoms with Crippen molar-refractivity contribution in [2.24, 2.45) is 0 Å². The van der Waals surface area contributed by atoms with Crippen LogP contribution in [0.2, 0.25) is 2.86 Å². The van der Waals surface area contributed by atoms with Crippen molar-refractivity contribution in [3.05, 3.63) is 182 Å². The van der Waals surface area contributed by atoms with Crippen molar-refractivity contribution < 1.29 is 44.9 Å². The number of hydrogen-bond acceptors (Lipinski definition) is 1. The summed E-state index contributed by atoms with van der Waals surface area (Å²) in [5, 5.41) is 18.8. The molecule has 0 aliphatic heterocycles. The van der Waals surface area contributed by atoms with E-state index in [0.717, 1.165) is 0 Å². The Morgan fingerprint density at radius 1 is 0.386 bits per heavy atom. The van der Waals surface area contributed by atoms with Gasteiger partial charge in [0.05, 0.1) is 0 Å². The number of rotatable bonds is 11. The first-order valence-corrected chi connectivity index (χ1v) is 24.5. The number of aliphatic carboxylic acids is 1. The van der Waals surface area contributed by atoms with Crippen LogP contribution in [0.4, 0.5) is 0 Å². The van der Waals surface area contributed by atoms with E-state index < -0.39 is 19.7 Å². The first-order chi connectivity index (χ1) is 21.6. The van der Waals surface area contributed by atoms with Crippen LogP contribution in [0.15, 0.2) is 182 Å². The molecule has 0 atom stereocenters. The minimum atomic E-state index is -2.75.